The summed E-state index contributed by atoms with van der Waals surface area (Å²) in [7, 11) is -4.11. The van der Waals surface area contributed by atoms with Crippen LogP contribution in [0.25, 0.3) is 5.70 Å². The molecule has 2 atom stereocenters. The number of rotatable bonds is 6. The van der Waals surface area contributed by atoms with Crippen LogP contribution in [0.4, 0.5) is 5.69 Å². The lowest BCUT2D eigenvalue weighted by atomic mass is 9.67. The number of nitrogens with zero attached hydrogens (tertiary/aromatic N) is 2. The molecule has 2 aliphatic heterocycles. The third kappa shape index (κ3) is 4.94. The number of para-hydroxylation sites is 1. The Balaban J connectivity index is 1.59. The molecule has 6 rings (SSSR count). The van der Waals surface area contributed by atoms with Gasteiger partial charge in [0, 0.05) is 17.3 Å². The lowest BCUT2D eigenvalue weighted by Crippen LogP contribution is -2.54. The molecule has 2 aliphatic rings. The molecule has 6 nitrogen and oxygen atoms in total. The highest BCUT2D eigenvalue weighted by Gasteiger charge is 2.59. The van der Waals surface area contributed by atoms with Crippen molar-refractivity contribution in [2.24, 2.45) is 5.92 Å². The largest absolute Gasteiger partial charge is 0.307 e. The van der Waals surface area contributed by atoms with E-state index in [1.165, 1.54) is 11.2 Å². The molecule has 0 saturated carbocycles. The molecule has 1 spiro atoms. The summed E-state index contributed by atoms with van der Waals surface area (Å²) >= 11 is 6.22. The first kappa shape index (κ1) is 29.9. The first-order chi connectivity index (χ1) is 20.9. The fraction of sp³-hybridized carbons (Fsp3) is 0.222. The van der Waals surface area contributed by atoms with Crippen LogP contribution in [-0.4, -0.2) is 31.0 Å². The van der Waals surface area contributed by atoms with Crippen molar-refractivity contribution < 1.29 is 18.0 Å². The van der Waals surface area contributed by atoms with E-state index >= 15 is 0 Å². The minimum absolute atomic E-state index is 0.107. The van der Waals surface area contributed by atoms with Gasteiger partial charge in [0.25, 0.3) is 10.0 Å². The molecule has 44 heavy (non-hydrogen) atoms. The molecule has 4 aromatic rings. The Bertz CT molecular complexity index is 1910. The lowest BCUT2D eigenvalue weighted by Gasteiger charge is -2.43. The minimum Gasteiger partial charge on any atom is -0.307 e. The van der Waals surface area contributed by atoms with Crippen molar-refractivity contribution in [1.82, 2.24) is 4.31 Å². The van der Waals surface area contributed by atoms with Crippen molar-refractivity contribution in [3.63, 3.8) is 0 Å². The van der Waals surface area contributed by atoms with Gasteiger partial charge in [-0.1, -0.05) is 89.0 Å². The molecule has 4 aromatic carbocycles. The van der Waals surface area contributed by atoms with Gasteiger partial charge in [-0.15, -0.1) is 0 Å². The molecule has 1 amide bonds. The lowest BCUT2D eigenvalue weighted by molar-refractivity contribution is -0.131. The van der Waals surface area contributed by atoms with Crippen molar-refractivity contribution in [3.05, 3.63) is 135 Å². The maximum absolute atomic E-state index is 14.9. The number of Topliss-reactive ketones (excluding diaryl/α,β-unsaturated/α-hetero) is 1. The third-order valence-corrected chi connectivity index (χ3v) is 10.7. The number of anilines is 1. The summed E-state index contributed by atoms with van der Waals surface area (Å²) in [5.74, 6) is -1.48. The van der Waals surface area contributed by atoms with Gasteiger partial charge in [-0.25, -0.2) is 8.42 Å². The second-order valence-electron chi connectivity index (χ2n) is 11.8. The topological polar surface area (TPSA) is 74.8 Å². The summed E-state index contributed by atoms with van der Waals surface area (Å²) in [5.41, 5.74) is 4.98. The Morgan fingerprint density at radius 2 is 1.52 bits per heavy atom. The number of sulfonamides is 1. The van der Waals surface area contributed by atoms with Crippen LogP contribution in [0.1, 0.15) is 40.3 Å². The van der Waals surface area contributed by atoms with Crippen molar-refractivity contribution in [2.75, 3.05) is 11.4 Å². The van der Waals surface area contributed by atoms with Crippen LogP contribution >= 0.6 is 11.6 Å². The fourth-order valence-corrected chi connectivity index (χ4v) is 8.26. The fourth-order valence-electron chi connectivity index (χ4n) is 6.64. The molecule has 0 saturated heterocycles. The molecule has 224 valence electrons. The number of benzene rings is 4. The van der Waals surface area contributed by atoms with Gasteiger partial charge in [0.2, 0.25) is 5.91 Å². The van der Waals surface area contributed by atoms with Crippen LogP contribution in [-0.2, 0) is 31.6 Å². The zero-order valence-electron chi connectivity index (χ0n) is 25.0. The van der Waals surface area contributed by atoms with E-state index in [9.17, 15) is 18.0 Å². The monoisotopic (exact) mass is 624 g/mol. The van der Waals surface area contributed by atoms with Crippen molar-refractivity contribution in [2.45, 2.75) is 44.6 Å². The zero-order valence-corrected chi connectivity index (χ0v) is 26.6. The number of carbonyl (C=O) groups is 2. The van der Waals surface area contributed by atoms with Gasteiger partial charge in [-0.05, 0) is 80.8 Å². The van der Waals surface area contributed by atoms with E-state index in [0.717, 1.165) is 22.3 Å². The van der Waals surface area contributed by atoms with Gasteiger partial charge in [-0.2, -0.15) is 0 Å². The maximum Gasteiger partial charge on any atom is 0.264 e. The predicted octanol–water partition coefficient (Wildman–Crippen LogP) is 7.00. The molecule has 0 bridgehead atoms. The molecular weight excluding hydrogens is 592 g/mol. The Morgan fingerprint density at radius 3 is 2.16 bits per heavy atom. The van der Waals surface area contributed by atoms with Gasteiger partial charge in [0.15, 0.2) is 0 Å². The molecule has 0 N–H and O–H groups in total. The van der Waals surface area contributed by atoms with Crippen molar-refractivity contribution in [1.29, 1.82) is 0 Å². The smallest absolute Gasteiger partial charge is 0.264 e. The molecule has 0 aromatic heterocycles. The van der Waals surface area contributed by atoms with Gasteiger partial charge in [0.1, 0.15) is 11.2 Å². The van der Waals surface area contributed by atoms with E-state index in [4.69, 9.17) is 11.6 Å². The number of carbonyl (C=O) groups excluding carboxylic acids is 2. The molecule has 8 heteroatoms. The van der Waals surface area contributed by atoms with Crippen LogP contribution in [0.2, 0.25) is 5.02 Å². The highest BCUT2D eigenvalue weighted by Crippen LogP contribution is 2.53. The zero-order chi connectivity index (χ0) is 31.4. The van der Waals surface area contributed by atoms with E-state index in [1.54, 1.807) is 59.5 Å². The van der Waals surface area contributed by atoms with E-state index in [2.05, 4.69) is 18.2 Å². The minimum atomic E-state index is -4.11. The van der Waals surface area contributed by atoms with E-state index in [1.807, 2.05) is 45.0 Å². The number of aryl methyl sites for hydroxylation is 3. The Morgan fingerprint density at radius 1 is 0.886 bits per heavy atom. The summed E-state index contributed by atoms with van der Waals surface area (Å²) in [5, 5.41) is 0.497. The molecule has 0 radical (unpaired) electrons. The number of hydrogen-bond donors (Lipinski definition) is 0. The van der Waals surface area contributed by atoms with Gasteiger partial charge < -0.3 is 4.90 Å². The van der Waals surface area contributed by atoms with Gasteiger partial charge in [-0.3, -0.25) is 13.9 Å². The SMILES string of the molecule is CC(=O)[C@@H]1CN(S(=O)(=O)c2ccc(C)cc2)C(c2ccc(Cl)cc2)=C[C@]12C(=O)N(Cc1cc(C)cc(C)c1)c1ccccc12. The first-order valence-electron chi connectivity index (χ1n) is 14.5. The average molecular weight is 625 g/mol. The Hall–Kier alpha value is -4.20. The normalized spacial score (nSPS) is 19.7. The summed E-state index contributed by atoms with van der Waals surface area (Å²) in [6, 6.07) is 27.2. The van der Waals surface area contributed by atoms with Crippen molar-refractivity contribution in [3.8, 4) is 0 Å². The molecule has 0 unspecified atom stereocenters. The Kier molecular flexibility index (Phi) is 7.50. The molecule has 2 heterocycles. The van der Waals surface area contributed by atoms with Crippen molar-refractivity contribution >= 4 is 44.7 Å². The highest BCUT2D eigenvalue weighted by atomic mass is 35.5. The molecular formula is C36H33ClN2O4S. The number of fused-ring (bicyclic) bond motifs is 2. The summed E-state index contributed by atoms with van der Waals surface area (Å²) in [6.45, 7) is 7.49. The van der Waals surface area contributed by atoms with Crippen LogP contribution in [0.5, 0.6) is 0 Å². The van der Waals surface area contributed by atoms with E-state index < -0.39 is 21.4 Å². The van der Waals surface area contributed by atoms with Crippen LogP contribution in [0.15, 0.2) is 102 Å². The van der Waals surface area contributed by atoms with Gasteiger partial charge >= 0.3 is 0 Å². The first-order valence-corrected chi connectivity index (χ1v) is 16.3. The Labute approximate surface area is 263 Å². The maximum atomic E-state index is 14.9. The molecule has 0 fully saturated rings. The molecule has 0 aliphatic carbocycles. The number of ketones is 1. The highest BCUT2D eigenvalue weighted by molar-refractivity contribution is 7.89. The van der Waals surface area contributed by atoms with E-state index in [-0.39, 0.29) is 23.1 Å². The van der Waals surface area contributed by atoms with Crippen LogP contribution in [0, 0.1) is 26.7 Å². The average Bonchev–Trinajstić information content (AvgIpc) is 3.20. The number of amides is 1. The quantitative estimate of drug-likeness (QED) is 0.232. The predicted molar refractivity (Wildman–Crippen MR) is 174 cm³/mol. The summed E-state index contributed by atoms with van der Waals surface area (Å²) in [6.07, 6.45) is 1.71. The number of hydrogen-bond acceptors (Lipinski definition) is 4. The number of halogens is 1. The second kappa shape index (κ2) is 11.1. The van der Waals surface area contributed by atoms with E-state index in [0.29, 0.717) is 34.1 Å². The van der Waals surface area contributed by atoms with Gasteiger partial charge in [0.05, 0.1) is 23.1 Å². The second-order valence-corrected chi connectivity index (χ2v) is 14.1. The summed E-state index contributed by atoms with van der Waals surface area (Å²) in [4.78, 5) is 30.3. The van der Waals surface area contributed by atoms with Crippen LogP contribution in [0.3, 0.4) is 0 Å². The standard InChI is InChI=1S/C36H33ClN2O4S/c1-23-9-15-30(16-10-23)44(42,43)39-22-32(26(4)40)36(20-34(39)28-11-13-29(37)14-12-28)31-7-5-6-8-33(31)38(35(36)41)21-27-18-24(2)17-25(3)19-27/h5-20,32H,21-22H2,1-4H3/t32-,36+/m0/s1. The summed E-state index contributed by atoms with van der Waals surface area (Å²) < 4.78 is 29.8. The van der Waals surface area contributed by atoms with Crippen LogP contribution < -0.4 is 4.90 Å². The third-order valence-electron chi connectivity index (χ3n) is 8.63.